The van der Waals surface area contributed by atoms with Crippen LogP contribution in [-0.2, 0) is 6.50 Å². The highest BCUT2D eigenvalue weighted by Crippen LogP contribution is 2.27. The Balaban J connectivity index is 1.48. The number of nitrogens with one attached hydrogen (secondary N) is 3. The Morgan fingerprint density at radius 3 is 2.90 bits per heavy atom. The summed E-state index contributed by atoms with van der Waals surface area (Å²) < 4.78 is 20.2. The summed E-state index contributed by atoms with van der Waals surface area (Å²) in [4.78, 5) is 19.8. The first-order valence-corrected chi connectivity index (χ1v) is 10.1. The fourth-order valence-corrected chi connectivity index (χ4v) is 3.80. The predicted octanol–water partition coefficient (Wildman–Crippen LogP) is 5.97. The molecule has 7 heteroatoms. The molecule has 2 aromatic carbocycles. The summed E-state index contributed by atoms with van der Waals surface area (Å²) in [5.41, 5.74) is 3.03. The van der Waals surface area contributed by atoms with E-state index in [9.17, 15) is 4.79 Å². The quantitative estimate of drug-likeness (QED) is 0.308. The third-order valence-corrected chi connectivity index (χ3v) is 5.25. The van der Waals surface area contributed by atoms with E-state index in [2.05, 4.69) is 36.5 Å². The van der Waals surface area contributed by atoms with Crippen LogP contribution in [0.2, 0.25) is 0 Å². The highest BCUT2D eigenvalue weighted by molar-refractivity contribution is 9.10. The number of benzene rings is 2. The molecule has 3 heterocycles. The first kappa shape index (κ1) is 16.2. The molecule has 0 radical (unpaired) electrons. The molecule has 0 aliphatic carbocycles. The van der Waals surface area contributed by atoms with Gasteiger partial charge in [-0.25, -0.2) is 9.78 Å². The lowest BCUT2D eigenvalue weighted by molar-refractivity contribution is 0.262. The van der Waals surface area contributed by atoms with E-state index in [0.29, 0.717) is 28.1 Å². The molecule has 0 saturated heterocycles. The van der Waals surface area contributed by atoms with E-state index in [0.717, 1.165) is 15.2 Å². The average Bonchev–Trinajstić information content (AvgIpc) is 3.39. The zero-order valence-corrected chi connectivity index (χ0v) is 17.3. The lowest BCUT2D eigenvalue weighted by Gasteiger charge is -2.10. The molecule has 6 nitrogen and oxygen atoms in total. The lowest BCUT2D eigenvalue weighted by Crippen LogP contribution is -2.19. The number of amides is 2. The lowest BCUT2D eigenvalue weighted by atomic mass is 10.2. The summed E-state index contributed by atoms with van der Waals surface area (Å²) in [6.07, 6.45) is 5.01. The number of anilines is 2. The first-order valence-electron chi connectivity index (χ1n) is 10.3. The van der Waals surface area contributed by atoms with E-state index in [1.165, 1.54) is 0 Å². The van der Waals surface area contributed by atoms with Gasteiger partial charge in [0.1, 0.15) is 5.65 Å². The molecule has 0 bridgehead atoms. The average molecular weight is 462 g/mol. The van der Waals surface area contributed by atoms with Crippen molar-refractivity contribution in [1.82, 2.24) is 14.5 Å². The molecule has 3 aromatic heterocycles. The van der Waals surface area contributed by atoms with Gasteiger partial charge in [0.05, 0.1) is 13.9 Å². The second kappa shape index (κ2) is 7.68. The van der Waals surface area contributed by atoms with Gasteiger partial charge in [0.25, 0.3) is 0 Å². The fraction of sp³-hybridized carbons (Fsp3) is 0.0435. The van der Waals surface area contributed by atoms with Crippen LogP contribution in [0.25, 0.3) is 21.9 Å². The Morgan fingerprint density at radius 1 is 1.10 bits per heavy atom. The number of carbonyl (C=O) groups excluding carboxylic acids is 1. The van der Waals surface area contributed by atoms with E-state index in [-0.39, 0.29) is 6.03 Å². The fourth-order valence-electron chi connectivity index (χ4n) is 3.40. The van der Waals surface area contributed by atoms with Crippen molar-refractivity contribution in [2.75, 3.05) is 10.6 Å². The van der Waals surface area contributed by atoms with Crippen LogP contribution in [0.1, 0.15) is 8.30 Å². The van der Waals surface area contributed by atoms with Gasteiger partial charge in [0, 0.05) is 46.0 Å². The predicted molar refractivity (Wildman–Crippen MR) is 124 cm³/mol. The van der Waals surface area contributed by atoms with E-state index in [4.69, 9.17) is 2.74 Å². The maximum Gasteiger partial charge on any atom is 0.323 e. The molecule has 5 rings (SSSR count). The number of aromatic amines is 1. The maximum absolute atomic E-state index is 12.5. The normalized spacial score (nSPS) is 12.6. The SMILES string of the molecule is [2H]C([2H])(c1c[nH]c2ncccc12)n1ccc2c(NC(=O)Nc3cccc(Br)c3)cccc21. The van der Waals surface area contributed by atoms with Crippen molar-refractivity contribution in [2.24, 2.45) is 0 Å². The molecule has 2 amide bonds. The number of halogens is 1. The molecule has 0 fully saturated rings. The molecule has 5 aromatic rings. The third kappa shape index (κ3) is 3.55. The summed E-state index contributed by atoms with van der Waals surface area (Å²) in [6.45, 7) is -1.83. The van der Waals surface area contributed by atoms with Crippen LogP contribution < -0.4 is 10.6 Å². The van der Waals surface area contributed by atoms with Crippen LogP contribution in [-0.4, -0.2) is 20.6 Å². The van der Waals surface area contributed by atoms with E-state index in [1.54, 1.807) is 59.6 Å². The Labute approximate surface area is 183 Å². The van der Waals surface area contributed by atoms with Gasteiger partial charge in [-0.1, -0.05) is 28.1 Å². The van der Waals surface area contributed by atoms with Crippen molar-refractivity contribution in [3.63, 3.8) is 0 Å². The Bertz CT molecular complexity index is 1460. The number of fused-ring (bicyclic) bond motifs is 2. The number of hydrogen-bond donors (Lipinski definition) is 3. The largest absolute Gasteiger partial charge is 0.346 e. The number of hydrogen-bond acceptors (Lipinski definition) is 2. The number of carbonyl (C=O) groups is 1. The second-order valence-electron chi connectivity index (χ2n) is 6.73. The molecule has 3 N–H and O–H groups in total. The van der Waals surface area contributed by atoms with Gasteiger partial charge in [-0.3, -0.25) is 0 Å². The molecule has 148 valence electrons. The molecule has 0 aliphatic rings. The van der Waals surface area contributed by atoms with E-state index < -0.39 is 6.50 Å². The number of H-pyrrole nitrogens is 1. The van der Waals surface area contributed by atoms with Gasteiger partial charge in [0.2, 0.25) is 0 Å². The number of pyridine rings is 1. The zero-order valence-electron chi connectivity index (χ0n) is 17.7. The summed E-state index contributed by atoms with van der Waals surface area (Å²) in [6, 6.07) is 17.8. The molecular weight excluding hydrogens is 442 g/mol. The minimum Gasteiger partial charge on any atom is -0.346 e. The van der Waals surface area contributed by atoms with Gasteiger partial charge >= 0.3 is 6.03 Å². The van der Waals surface area contributed by atoms with Crippen LogP contribution in [0, 0.1) is 0 Å². The van der Waals surface area contributed by atoms with Crippen molar-refractivity contribution in [2.45, 2.75) is 6.50 Å². The topological polar surface area (TPSA) is 74.7 Å². The molecule has 0 saturated carbocycles. The van der Waals surface area contributed by atoms with Crippen molar-refractivity contribution in [3.05, 3.63) is 89.3 Å². The highest BCUT2D eigenvalue weighted by Gasteiger charge is 2.11. The molecule has 0 atom stereocenters. The van der Waals surface area contributed by atoms with Crippen molar-refractivity contribution in [1.29, 1.82) is 0 Å². The Morgan fingerprint density at radius 2 is 2.00 bits per heavy atom. The smallest absolute Gasteiger partial charge is 0.323 e. The number of aromatic nitrogens is 3. The van der Waals surface area contributed by atoms with Crippen molar-refractivity contribution in [3.8, 4) is 0 Å². The second-order valence-corrected chi connectivity index (χ2v) is 7.64. The van der Waals surface area contributed by atoms with Crippen LogP contribution in [0.3, 0.4) is 0 Å². The Hall–Kier alpha value is -3.58. The monoisotopic (exact) mass is 461 g/mol. The highest BCUT2D eigenvalue weighted by atomic mass is 79.9. The van der Waals surface area contributed by atoms with Crippen LogP contribution >= 0.6 is 15.9 Å². The number of nitrogens with zero attached hydrogens (tertiary/aromatic N) is 2. The van der Waals surface area contributed by atoms with E-state index >= 15 is 0 Å². The number of rotatable bonds is 4. The van der Waals surface area contributed by atoms with Crippen LogP contribution in [0.5, 0.6) is 0 Å². The molecular formula is C23H18BrN5O. The minimum atomic E-state index is -1.83. The molecule has 0 aliphatic heterocycles. The van der Waals surface area contributed by atoms with Gasteiger partial charge in [-0.15, -0.1) is 0 Å². The summed E-state index contributed by atoms with van der Waals surface area (Å²) in [5, 5.41) is 7.13. The van der Waals surface area contributed by atoms with Crippen LogP contribution in [0.15, 0.2) is 83.7 Å². The molecule has 0 spiro atoms. The summed E-state index contributed by atoms with van der Waals surface area (Å²) in [5.74, 6) is 0. The zero-order chi connectivity index (χ0) is 22.3. The van der Waals surface area contributed by atoms with Crippen LogP contribution in [0.4, 0.5) is 16.2 Å². The van der Waals surface area contributed by atoms with Gasteiger partial charge in [-0.2, -0.15) is 0 Å². The van der Waals surface area contributed by atoms with Crippen molar-refractivity contribution < 1.29 is 7.54 Å². The molecule has 0 unspecified atom stereocenters. The maximum atomic E-state index is 12.5. The summed E-state index contributed by atoms with van der Waals surface area (Å²) in [7, 11) is 0. The standard InChI is InChI=1S/C23H18BrN5O/c24-16-4-1-5-17(12-16)27-23(30)28-20-7-2-8-21-19(20)9-11-29(21)14-15-13-26-22-18(15)6-3-10-25-22/h1-13H,14H2,(H,25,26)(H2,27,28,30)/i14D2. The first-order chi connectivity index (χ1) is 15.4. The number of urea groups is 1. The third-order valence-electron chi connectivity index (χ3n) is 4.76. The Kier molecular flexibility index (Phi) is 4.16. The minimum absolute atomic E-state index is 0.380. The summed E-state index contributed by atoms with van der Waals surface area (Å²) >= 11 is 3.39. The van der Waals surface area contributed by atoms with Crippen molar-refractivity contribution >= 4 is 55.3 Å². The van der Waals surface area contributed by atoms with Gasteiger partial charge in [0.15, 0.2) is 0 Å². The molecule has 30 heavy (non-hydrogen) atoms. The van der Waals surface area contributed by atoms with E-state index in [1.807, 2.05) is 24.3 Å². The van der Waals surface area contributed by atoms with Gasteiger partial charge in [-0.05, 0) is 54.1 Å². The van der Waals surface area contributed by atoms with Gasteiger partial charge < -0.3 is 20.2 Å².